The van der Waals surface area contributed by atoms with E-state index in [0.717, 1.165) is 11.1 Å². The van der Waals surface area contributed by atoms with E-state index in [-0.39, 0.29) is 11.9 Å². The number of rotatable bonds is 3. The molecule has 2 nitrogen and oxygen atoms in total. The first kappa shape index (κ1) is 12.1. The predicted molar refractivity (Wildman–Crippen MR) is 63.5 cm³/mol. The fraction of sp³-hybridized carbons (Fsp3) is 0.417. The average Bonchev–Trinajstić information content (AvgIpc) is 2.26. The van der Waals surface area contributed by atoms with Gasteiger partial charge in [0.25, 0.3) is 5.91 Å². The van der Waals surface area contributed by atoms with E-state index < -0.39 is 0 Å². The van der Waals surface area contributed by atoms with Crippen LogP contribution in [0.2, 0.25) is 0 Å². The SMILES string of the molecule is Cc1cccc(C(=O)N(C)C(C)CCl)c1. The summed E-state index contributed by atoms with van der Waals surface area (Å²) in [5.74, 6) is 0.473. The molecule has 0 saturated carbocycles. The molecule has 0 saturated heterocycles. The molecule has 1 amide bonds. The molecule has 0 spiro atoms. The molecular formula is C12H16ClNO. The number of carbonyl (C=O) groups excluding carboxylic acids is 1. The molecule has 0 radical (unpaired) electrons. The van der Waals surface area contributed by atoms with E-state index in [4.69, 9.17) is 11.6 Å². The highest BCUT2D eigenvalue weighted by atomic mass is 35.5. The smallest absolute Gasteiger partial charge is 0.253 e. The predicted octanol–water partition coefficient (Wildman–Crippen LogP) is 2.69. The van der Waals surface area contributed by atoms with Crippen LogP contribution in [0.5, 0.6) is 0 Å². The maximum atomic E-state index is 12.0. The van der Waals surface area contributed by atoms with Crippen molar-refractivity contribution in [3.05, 3.63) is 35.4 Å². The molecule has 0 heterocycles. The lowest BCUT2D eigenvalue weighted by atomic mass is 10.1. The quantitative estimate of drug-likeness (QED) is 0.725. The number of aryl methyl sites for hydroxylation is 1. The van der Waals surface area contributed by atoms with Gasteiger partial charge in [0.15, 0.2) is 0 Å². The number of nitrogens with zero attached hydrogens (tertiary/aromatic N) is 1. The largest absolute Gasteiger partial charge is 0.338 e. The highest BCUT2D eigenvalue weighted by molar-refractivity contribution is 6.18. The van der Waals surface area contributed by atoms with Crippen molar-refractivity contribution in [1.29, 1.82) is 0 Å². The number of benzene rings is 1. The molecule has 0 aromatic heterocycles. The molecule has 1 aromatic carbocycles. The van der Waals surface area contributed by atoms with Crippen molar-refractivity contribution < 1.29 is 4.79 Å². The number of alkyl halides is 1. The van der Waals surface area contributed by atoms with E-state index in [2.05, 4.69) is 0 Å². The third-order valence-electron chi connectivity index (χ3n) is 2.47. The molecule has 1 aromatic rings. The number of hydrogen-bond donors (Lipinski definition) is 0. The second-order valence-corrected chi connectivity index (χ2v) is 4.10. The van der Waals surface area contributed by atoms with Gasteiger partial charge in [0, 0.05) is 24.5 Å². The van der Waals surface area contributed by atoms with Crippen molar-refractivity contribution in [2.75, 3.05) is 12.9 Å². The van der Waals surface area contributed by atoms with Crippen molar-refractivity contribution >= 4 is 17.5 Å². The summed E-state index contributed by atoms with van der Waals surface area (Å²) >= 11 is 5.72. The number of amides is 1. The summed E-state index contributed by atoms with van der Waals surface area (Å²) in [7, 11) is 1.78. The van der Waals surface area contributed by atoms with Crippen molar-refractivity contribution in [3.8, 4) is 0 Å². The molecule has 0 fully saturated rings. The minimum Gasteiger partial charge on any atom is -0.338 e. The van der Waals surface area contributed by atoms with Crippen molar-refractivity contribution in [3.63, 3.8) is 0 Å². The first-order valence-electron chi connectivity index (χ1n) is 4.96. The standard InChI is InChI=1S/C12H16ClNO/c1-9-5-4-6-11(7-9)12(15)14(3)10(2)8-13/h4-7,10H,8H2,1-3H3. The van der Waals surface area contributed by atoms with Crippen molar-refractivity contribution in [1.82, 2.24) is 4.90 Å². The second-order valence-electron chi connectivity index (χ2n) is 3.79. The summed E-state index contributed by atoms with van der Waals surface area (Å²) < 4.78 is 0. The molecule has 0 aliphatic carbocycles. The molecular weight excluding hydrogens is 210 g/mol. The topological polar surface area (TPSA) is 20.3 Å². The zero-order valence-corrected chi connectivity index (χ0v) is 10.1. The molecule has 0 aliphatic heterocycles. The molecule has 3 heteroatoms. The van der Waals surface area contributed by atoms with Crippen LogP contribution >= 0.6 is 11.6 Å². The Balaban J connectivity index is 2.85. The molecule has 1 rings (SSSR count). The maximum Gasteiger partial charge on any atom is 0.253 e. The summed E-state index contributed by atoms with van der Waals surface area (Å²) in [6, 6.07) is 7.63. The highest BCUT2D eigenvalue weighted by Gasteiger charge is 2.16. The Labute approximate surface area is 95.8 Å². The van der Waals surface area contributed by atoms with Gasteiger partial charge in [0.1, 0.15) is 0 Å². The normalized spacial score (nSPS) is 12.3. The van der Waals surface area contributed by atoms with Gasteiger partial charge >= 0.3 is 0 Å². The van der Waals surface area contributed by atoms with Gasteiger partial charge in [0.05, 0.1) is 0 Å². The monoisotopic (exact) mass is 225 g/mol. The van der Waals surface area contributed by atoms with E-state index in [1.807, 2.05) is 38.1 Å². The van der Waals surface area contributed by atoms with Crippen LogP contribution in [0.3, 0.4) is 0 Å². The Hall–Kier alpha value is -1.02. The van der Waals surface area contributed by atoms with Crippen LogP contribution in [0.25, 0.3) is 0 Å². The van der Waals surface area contributed by atoms with Gasteiger partial charge in [0.2, 0.25) is 0 Å². The van der Waals surface area contributed by atoms with Crippen LogP contribution in [-0.2, 0) is 0 Å². The lowest BCUT2D eigenvalue weighted by Crippen LogP contribution is -2.36. The Bertz CT molecular complexity index is 351. The van der Waals surface area contributed by atoms with Crippen molar-refractivity contribution in [2.24, 2.45) is 0 Å². The maximum absolute atomic E-state index is 12.0. The summed E-state index contributed by atoms with van der Waals surface area (Å²) in [5.41, 5.74) is 1.81. The summed E-state index contributed by atoms with van der Waals surface area (Å²) in [5, 5.41) is 0. The van der Waals surface area contributed by atoms with Crippen LogP contribution in [0.1, 0.15) is 22.8 Å². The lowest BCUT2D eigenvalue weighted by molar-refractivity contribution is 0.0756. The van der Waals surface area contributed by atoms with Crippen LogP contribution in [0.15, 0.2) is 24.3 Å². The van der Waals surface area contributed by atoms with Gasteiger partial charge in [-0.1, -0.05) is 17.7 Å². The number of hydrogen-bond acceptors (Lipinski definition) is 1. The zero-order chi connectivity index (χ0) is 11.4. The van der Waals surface area contributed by atoms with Gasteiger partial charge in [-0.2, -0.15) is 0 Å². The van der Waals surface area contributed by atoms with Crippen molar-refractivity contribution in [2.45, 2.75) is 19.9 Å². The number of halogens is 1. The molecule has 82 valence electrons. The molecule has 0 aliphatic rings. The second kappa shape index (κ2) is 5.17. The molecule has 0 N–H and O–H groups in total. The van der Waals surface area contributed by atoms with Gasteiger partial charge in [-0.15, -0.1) is 11.6 Å². The van der Waals surface area contributed by atoms with E-state index in [1.54, 1.807) is 11.9 Å². The third-order valence-corrected chi connectivity index (χ3v) is 2.92. The van der Waals surface area contributed by atoms with Gasteiger partial charge in [-0.3, -0.25) is 4.79 Å². The Morgan fingerprint density at radius 2 is 2.20 bits per heavy atom. The van der Waals surface area contributed by atoms with Crippen LogP contribution in [0, 0.1) is 6.92 Å². The molecule has 0 bridgehead atoms. The van der Waals surface area contributed by atoms with E-state index in [1.165, 1.54) is 0 Å². The fourth-order valence-corrected chi connectivity index (χ4v) is 1.49. The minimum atomic E-state index is 0.0202. The average molecular weight is 226 g/mol. The van der Waals surface area contributed by atoms with Crippen LogP contribution in [0.4, 0.5) is 0 Å². The number of carbonyl (C=O) groups is 1. The molecule has 1 atom stereocenters. The summed E-state index contributed by atoms with van der Waals surface area (Å²) in [4.78, 5) is 13.6. The van der Waals surface area contributed by atoms with Gasteiger partial charge in [-0.05, 0) is 26.0 Å². The van der Waals surface area contributed by atoms with E-state index in [9.17, 15) is 4.79 Å². The summed E-state index contributed by atoms with van der Waals surface area (Å²) in [6.45, 7) is 3.91. The van der Waals surface area contributed by atoms with E-state index in [0.29, 0.717) is 5.88 Å². The first-order valence-corrected chi connectivity index (χ1v) is 5.49. The minimum absolute atomic E-state index is 0.0202. The first-order chi connectivity index (χ1) is 7.06. The Morgan fingerprint density at radius 1 is 1.53 bits per heavy atom. The molecule has 1 unspecified atom stereocenters. The third kappa shape index (κ3) is 2.96. The van der Waals surface area contributed by atoms with Crippen LogP contribution in [-0.4, -0.2) is 29.8 Å². The van der Waals surface area contributed by atoms with Gasteiger partial charge in [-0.25, -0.2) is 0 Å². The fourth-order valence-electron chi connectivity index (χ4n) is 1.29. The van der Waals surface area contributed by atoms with E-state index >= 15 is 0 Å². The Kier molecular flexibility index (Phi) is 4.15. The lowest BCUT2D eigenvalue weighted by Gasteiger charge is -2.23. The highest BCUT2D eigenvalue weighted by Crippen LogP contribution is 2.09. The zero-order valence-electron chi connectivity index (χ0n) is 9.33. The van der Waals surface area contributed by atoms with Crippen LogP contribution < -0.4 is 0 Å². The van der Waals surface area contributed by atoms with Gasteiger partial charge < -0.3 is 4.90 Å². The Morgan fingerprint density at radius 3 is 2.73 bits per heavy atom. The summed E-state index contributed by atoms with van der Waals surface area (Å²) in [6.07, 6.45) is 0. The molecule has 15 heavy (non-hydrogen) atoms.